The van der Waals surface area contributed by atoms with E-state index < -0.39 is 11.7 Å². The first-order chi connectivity index (χ1) is 15.8. The normalized spacial score (nSPS) is 16.0. The van der Waals surface area contributed by atoms with Crippen LogP contribution >= 0.6 is 0 Å². The molecule has 4 rings (SSSR count). The van der Waals surface area contributed by atoms with Crippen LogP contribution in [0.5, 0.6) is 11.5 Å². The summed E-state index contributed by atoms with van der Waals surface area (Å²) in [5.74, 6) is 2.20. The van der Waals surface area contributed by atoms with Crippen LogP contribution in [-0.2, 0) is 6.18 Å². The molecule has 0 saturated carbocycles. The second-order valence-electron chi connectivity index (χ2n) is 8.84. The molecule has 0 amide bonds. The third kappa shape index (κ3) is 5.74. The van der Waals surface area contributed by atoms with Gasteiger partial charge in [0.1, 0.15) is 11.5 Å². The van der Waals surface area contributed by atoms with Gasteiger partial charge in [-0.05, 0) is 92.0 Å². The summed E-state index contributed by atoms with van der Waals surface area (Å²) < 4.78 is 44.2. The van der Waals surface area contributed by atoms with Crippen molar-refractivity contribution in [2.45, 2.75) is 38.8 Å². The summed E-state index contributed by atoms with van der Waals surface area (Å²) in [6, 6.07) is 15.6. The van der Waals surface area contributed by atoms with Crippen molar-refractivity contribution in [3.8, 4) is 11.5 Å². The highest BCUT2D eigenvalue weighted by Gasteiger charge is 2.30. The van der Waals surface area contributed by atoms with Gasteiger partial charge in [0.05, 0.1) is 5.56 Å². The number of fused-ring (bicyclic) bond motifs is 1. The van der Waals surface area contributed by atoms with Gasteiger partial charge in [-0.15, -0.1) is 0 Å². The van der Waals surface area contributed by atoms with E-state index in [4.69, 9.17) is 4.74 Å². The van der Waals surface area contributed by atoms with Gasteiger partial charge in [-0.2, -0.15) is 13.2 Å². The van der Waals surface area contributed by atoms with Gasteiger partial charge in [-0.25, -0.2) is 0 Å². The van der Waals surface area contributed by atoms with E-state index in [-0.39, 0.29) is 5.78 Å². The Hall–Kier alpha value is -2.86. The Morgan fingerprint density at radius 2 is 1.79 bits per heavy atom. The van der Waals surface area contributed by atoms with Crippen molar-refractivity contribution in [2.24, 2.45) is 11.8 Å². The number of hydrogen-bond donors (Lipinski definition) is 1. The summed E-state index contributed by atoms with van der Waals surface area (Å²) >= 11 is 0. The molecule has 1 saturated heterocycles. The molecule has 33 heavy (non-hydrogen) atoms. The van der Waals surface area contributed by atoms with Crippen molar-refractivity contribution in [1.29, 1.82) is 0 Å². The molecule has 0 radical (unpaired) electrons. The summed E-state index contributed by atoms with van der Waals surface area (Å²) in [7, 11) is 0. The minimum Gasteiger partial charge on any atom is -0.457 e. The van der Waals surface area contributed by atoms with Crippen LogP contribution in [0.2, 0.25) is 0 Å². The van der Waals surface area contributed by atoms with Gasteiger partial charge in [-0.1, -0.05) is 25.1 Å². The van der Waals surface area contributed by atoms with E-state index >= 15 is 0 Å². The van der Waals surface area contributed by atoms with Gasteiger partial charge in [0, 0.05) is 17.4 Å². The standard InChI is InChI=1S/C27H28F3NO2/c1-18(19-13-15-31-16-14-19)5-12-25(32)21-6-11-24-20(17-21)3-2-4-26(24)33-23-9-7-22(8-10-23)27(28,29)30/h2-4,6-11,17-19,31H,5,12-16H2,1H3/t18-/m0/s1. The number of halogens is 3. The molecule has 1 N–H and O–H groups in total. The van der Waals surface area contributed by atoms with Gasteiger partial charge >= 0.3 is 6.18 Å². The highest BCUT2D eigenvalue weighted by Crippen LogP contribution is 2.34. The van der Waals surface area contributed by atoms with Gasteiger partial charge in [-0.3, -0.25) is 4.79 Å². The number of ketones is 1. The van der Waals surface area contributed by atoms with Crippen molar-refractivity contribution in [3.63, 3.8) is 0 Å². The molecule has 0 unspecified atom stereocenters. The zero-order valence-electron chi connectivity index (χ0n) is 18.6. The molecule has 174 valence electrons. The smallest absolute Gasteiger partial charge is 0.416 e. The van der Waals surface area contributed by atoms with E-state index in [0.29, 0.717) is 35.3 Å². The van der Waals surface area contributed by atoms with Crippen LogP contribution < -0.4 is 10.1 Å². The van der Waals surface area contributed by atoms with Crippen molar-refractivity contribution in [1.82, 2.24) is 5.32 Å². The van der Waals surface area contributed by atoms with E-state index in [9.17, 15) is 18.0 Å². The predicted molar refractivity (Wildman–Crippen MR) is 124 cm³/mol. The molecule has 0 aliphatic carbocycles. The molecule has 1 atom stereocenters. The third-order valence-electron chi connectivity index (χ3n) is 6.59. The number of carbonyl (C=O) groups excluding carboxylic acids is 1. The molecule has 1 aliphatic rings. The first-order valence-electron chi connectivity index (χ1n) is 11.4. The maximum atomic E-state index is 12.8. The number of piperidine rings is 1. The Bertz CT molecular complexity index is 1100. The van der Waals surface area contributed by atoms with Crippen LogP contribution in [0.1, 0.15) is 48.5 Å². The number of rotatable bonds is 7. The van der Waals surface area contributed by atoms with Crippen LogP contribution in [0, 0.1) is 11.8 Å². The summed E-state index contributed by atoms with van der Waals surface area (Å²) in [5, 5.41) is 5.04. The van der Waals surface area contributed by atoms with E-state index in [1.54, 1.807) is 12.1 Å². The number of benzene rings is 3. The maximum Gasteiger partial charge on any atom is 0.416 e. The highest BCUT2D eigenvalue weighted by molar-refractivity contribution is 6.01. The zero-order chi connectivity index (χ0) is 23.4. The van der Waals surface area contributed by atoms with Crippen LogP contribution in [0.25, 0.3) is 10.8 Å². The second-order valence-corrected chi connectivity index (χ2v) is 8.84. The Labute approximate surface area is 192 Å². The summed E-state index contributed by atoms with van der Waals surface area (Å²) in [6.07, 6.45) is -0.622. The van der Waals surface area contributed by atoms with Crippen molar-refractivity contribution in [2.75, 3.05) is 13.1 Å². The molecule has 0 bridgehead atoms. The minimum atomic E-state index is -4.38. The molecule has 0 aromatic heterocycles. The summed E-state index contributed by atoms with van der Waals surface area (Å²) in [4.78, 5) is 12.8. The summed E-state index contributed by atoms with van der Waals surface area (Å²) in [5.41, 5.74) is -0.0444. The van der Waals surface area contributed by atoms with Crippen molar-refractivity contribution >= 4 is 16.6 Å². The highest BCUT2D eigenvalue weighted by atomic mass is 19.4. The monoisotopic (exact) mass is 455 g/mol. The molecular weight excluding hydrogens is 427 g/mol. The Balaban J connectivity index is 1.44. The Morgan fingerprint density at radius 3 is 2.48 bits per heavy atom. The Kier molecular flexibility index (Phi) is 7.03. The first kappa shape index (κ1) is 23.3. The number of Topliss-reactive ketones (excluding diaryl/α,β-unsaturated/α-hetero) is 1. The first-order valence-corrected chi connectivity index (χ1v) is 11.4. The molecular formula is C27H28F3NO2. The molecule has 3 aromatic carbocycles. The number of alkyl halides is 3. The van der Waals surface area contributed by atoms with E-state index in [1.165, 1.54) is 25.0 Å². The predicted octanol–water partition coefficient (Wildman–Crippen LogP) is 7.25. The van der Waals surface area contributed by atoms with Crippen LogP contribution in [-0.4, -0.2) is 18.9 Å². The quantitative estimate of drug-likeness (QED) is 0.381. The fourth-order valence-electron chi connectivity index (χ4n) is 4.51. The number of carbonyl (C=O) groups is 1. The molecule has 3 nitrogen and oxygen atoms in total. The average molecular weight is 456 g/mol. The lowest BCUT2D eigenvalue weighted by molar-refractivity contribution is -0.137. The zero-order valence-corrected chi connectivity index (χ0v) is 18.6. The van der Waals surface area contributed by atoms with Crippen LogP contribution in [0.15, 0.2) is 60.7 Å². The van der Waals surface area contributed by atoms with E-state index in [1.807, 2.05) is 24.3 Å². The molecule has 6 heteroatoms. The average Bonchev–Trinajstić information content (AvgIpc) is 2.82. The third-order valence-corrected chi connectivity index (χ3v) is 6.59. The number of hydrogen-bond acceptors (Lipinski definition) is 3. The van der Waals surface area contributed by atoms with E-state index in [2.05, 4.69) is 12.2 Å². The molecule has 3 aromatic rings. The number of nitrogens with one attached hydrogen (secondary N) is 1. The van der Waals surface area contributed by atoms with Crippen LogP contribution in [0.4, 0.5) is 13.2 Å². The van der Waals surface area contributed by atoms with Crippen molar-refractivity contribution in [3.05, 3.63) is 71.8 Å². The second kappa shape index (κ2) is 9.96. The molecule has 0 spiro atoms. The topological polar surface area (TPSA) is 38.3 Å². The minimum absolute atomic E-state index is 0.131. The SMILES string of the molecule is C[C@@H](CCC(=O)c1ccc2c(Oc3ccc(C(F)(F)F)cc3)cccc2c1)C1CCNCC1. The Morgan fingerprint density at radius 1 is 1.06 bits per heavy atom. The van der Waals surface area contributed by atoms with Crippen molar-refractivity contribution < 1.29 is 22.7 Å². The number of ether oxygens (including phenoxy) is 1. The van der Waals surface area contributed by atoms with Crippen LogP contribution in [0.3, 0.4) is 0 Å². The fourth-order valence-corrected chi connectivity index (χ4v) is 4.51. The van der Waals surface area contributed by atoms with Gasteiger partial charge < -0.3 is 10.1 Å². The van der Waals surface area contributed by atoms with Gasteiger partial charge in [0.15, 0.2) is 5.78 Å². The van der Waals surface area contributed by atoms with Gasteiger partial charge in [0.25, 0.3) is 0 Å². The lowest BCUT2D eigenvalue weighted by Gasteiger charge is -2.28. The van der Waals surface area contributed by atoms with E-state index in [0.717, 1.165) is 42.4 Å². The maximum absolute atomic E-state index is 12.8. The van der Waals surface area contributed by atoms with Gasteiger partial charge in [0.2, 0.25) is 0 Å². The largest absolute Gasteiger partial charge is 0.457 e. The lowest BCUT2D eigenvalue weighted by atomic mass is 9.82. The molecule has 1 aliphatic heterocycles. The fraction of sp³-hybridized carbons (Fsp3) is 0.370. The summed E-state index contributed by atoms with van der Waals surface area (Å²) in [6.45, 7) is 4.36. The molecule has 1 heterocycles. The lowest BCUT2D eigenvalue weighted by Crippen LogP contribution is -2.31. The molecule has 1 fully saturated rings.